The number of aryl methyl sites for hydroxylation is 1. The molecule has 1 saturated heterocycles. The Morgan fingerprint density at radius 2 is 1.85 bits per heavy atom. The van der Waals surface area contributed by atoms with E-state index in [-0.39, 0.29) is 18.0 Å². The SMILES string of the molecule is CC(C)(C)OC(=O)N1CCC(NC(=O)CCCc2ccc(Cl)c(Cl)c2)CC1. The van der Waals surface area contributed by atoms with Gasteiger partial charge in [-0.15, -0.1) is 0 Å². The fourth-order valence-electron chi connectivity index (χ4n) is 2.98. The average Bonchev–Trinajstić information content (AvgIpc) is 2.57. The molecule has 0 spiro atoms. The Balaban J connectivity index is 1.67. The number of rotatable bonds is 5. The van der Waals surface area contributed by atoms with Crippen LogP contribution < -0.4 is 5.32 Å². The normalized spacial score (nSPS) is 15.5. The van der Waals surface area contributed by atoms with Gasteiger partial charge in [0.25, 0.3) is 0 Å². The van der Waals surface area contributed by atoms with Crippen LogP contribution in [-0.4, -0.2) is 41.6 Å². The van der Waals surface area contributed by atoms with Gasteiger partial charge in [-0.3, -0.25) is 4.79 Å². The Labute approximate surface area is 171 Å². The lowest BCUT2D eigenvalue weighted by Crippen LogP contribution is -2.47. The highest BCUT2D eigenvalue weighted by molar-refractivity contribution is 6.42. The number of nitrogens with one attached hydrogen (secondary N) is 1. The number of amides is 2. The van der Waals surface area contributed by atoms with E-state index in [0.717, 1.165) is 31.2 Å². The van der Waals surface area contributed by atoms with Crippen molar-refractivity contribution in [3.63, 3.8) is 0 Å². The predicted octanol–water partition coefficient (Wildman–Crippen LogP) is 4.83. The fourth-order valence-corrected chi connectivity index (χ4v) is 3.30. The minimum Gasteiger partial charge on any atom is -0.444 e. The molecule has 0 saturated carbocycles. The zero-order chi connectivity index (χ0) is 20.0. The van der Waals surface area contributed by atoms with Gasteiger partial charge in [0.15, 0.2) is 0 Å². The number of piperidine rings is 1. The van der Waals surface area contributed by atoms with E-state index in [1.807, 2.05) is 32.9 Å². The Morgan fingerprint density at radius 3 is 2.44 bits per heavy atom. The molecular weight excluding hydrogens is 387 g/mol. The third-order valence-electron chi connectivity index (χ3n) is 4.37. The van der Waals surface area contributed by atoms with Gasteiger partial charge in [0.05, 0.1) is 10.0 Å². The summed E-state index contributed by atoms with van der Waals surface area (Å²) in [6, 6.07) is 5.66. The topological polar surface area (TPSA) is 58.6 Å². The van der Waals surface area contributed by atoms with E-state index in [4.69, 9.17) is 27.9 Å². The minimum absolute atomic E-state index is 0.0470. The van der Waals surface area contributed by atoms with Gasteiger partial charge in [-0.05, 0) is 64.2 Å². The highest BCUT2D eigenvalue weighted by Crippen LogP contribution is 2.23. The van der Waals surface area contributed by atoms with E-state index in [2.05, 4.69) is 5.32 Å². The second-order valence-corrected chi connectivity index (χ2v) is 8.73. The summed E-state index contributed by atoms with van der Waals surface area (Å²) in [5.74, 6) is 0.0470. The van der Waals surface area contributed by atoms with Crippen LogP contribution >= 0.6 is 23.2 Å². The van der Waals surface area contributed by atoms with E-state index in [1.165, 1.54) is 0 Å². The van der Waals surface area contributed by atoms with Crippen LogP contribution in [0.2, 0.25) is 10.0 Å². The molecule has 1 heterocycles. The molecule has 1 aliphatic heterocycles. The first-order valence-electron chi connectivity index (χ1n) is 9.35. The molecule has 0 unspecified atom stereocenters. The number of halogens is 2. The molecule has 7 heteroatoms. The van der Waals surface area contributed by atoms with Crippen LogP contribution in [-0.2, 0) is 16.0 Å². The standard InChI is InChI=1S/C20H28Cl2N2O3/c1-20(2,3)27-19(26)24-11-9-15(10-12-24)23-18(25)6-4-5-14-7-8-16(21)17(22)13-14/h7-8,13,15H,4-6,9-12H2,1-3H3,(H,23,25). The first-order chi connectivity index (χ1) is 12.6. The van der Waals surface area contributed by atoms with E-state index in [0.29, 0.717) is 29.6 Å². The summed E-state index contributed by atoms with van der Waals surface area (Å²) in [6.07, 6.45) is 3.21. The number of hydrogen-bond acceptors (Lipinski definition) is 3. The summed E-state index contributed by atoms with van der Waals surface area (Å²) in [5.41, 5.74) is 0.582. The fraction of sp³-hybridized carbons (Fsp3) is 0.600. The monoisotopic (exact) mass is 414 g/mol. The van der Waals surface area contributed by atoms with Crippen molar-refractivity contribution in [3.8, 4) is 0 Å². The molecular formula is C20H28Cl2N2O3. The van der Waals surface area contributed by atoms with Crippen molar-refractivity contribution >= 4 is 35.2 Å². The first kappa shape index (κ1) is 21.8. The zero-order valence-corrected chi connectivity index (χ0v) is 17.7. The van der Waals surface area contributed by atoms with Crippen molar-refractivity contribution in [3.05, 3.63) is 33.8 Å². The number of benzene rings is 1. The molecule has 0 aromatic heterocycles. The minimum atomic E-state index is -0.490. The molecule has 150 valence electrons. The highest BCUT2D eigenvalue weighted by atomic mass is 35.5. The zero-order valence-electron chi connectivity index (χ0n) is 16.2. The third kappa shape index (κ3) is 7.59. The van der Waals surface area contributed by atoms with Crippen molar-refractivity contribution in [2.75, 3.05) is 13.1 Å². The van der Waals surface area contributed by atoms with Crippen LogP contribution in [0.15, 0.2) is 18.2 Å². The summed E-state index contributed by atoms with van der Waals surface area (Å²) in [4.78, 5) is 25.9. The maximum absolute atomic E-state index is 12.2. The number of hydrogen-bond donors (Lipinski definition) is 1. The lowest BCUT2D eigenvalue weighted by Gasteiger charge is -2.33. The maximum atomic E-state index is 12.2. The molecule has 0 radical (unpaired) electrons. The van der Waals surface area contributed by atoms with Crippen LogP contribution in [0.5, 0.6) is 0 Å². The molecule has 0 atom stereocenters. The number of carbonyl (C=O) groups excluding carboxylic acids is 2. The van der Waals surface area contributed by atoms with Crippen molar-refractivity contribution < 1.29 is 14.3 Å². The summed E-state index contributed by atoms with van der Waals surface area (Å²) >= 11 is 11.9. The Bertz CT molecular complexity index is 666. The smallest absolute Gasteiger partial charge is 0.410 e. The average molecular weight is 415 g/mol. The summed E-state index contributed by atoms with van der Waals surface area (Å²) in [7, 11) is 0. The third-order valence-corrected chi connectivity index (χ3v) is 5.10. The first-order valence-corrected chi connectivity index (χ1v) is 10.1. The molecule has 1 aromatic carbocycles. The van der Waals surface area contributed by atoms with Crippen LogP contribution in [0.25, 0.3) is 0 Å². The molecule has 0 bridgehead atoms. The van der Waals surface area contributed by atoms with Crippen molar-refractivity contribution in [2.45, 2.75) is 64.5 Å². The van der Waals surface area contributed by atoms with Crippen LogP contribution in [0.4, 0.5) is 4.79 Å². The molecule has 0 aliphatic carbocycles. The lowest BCUT2D eigenvalue weighted by molar-refractivity contribution is -0.122. The van der Waals surface area contributed by atoms with Gasteiger partial charge in [-0.2, -0.15) is 0 Å². The predicted molar refractivity (Wildman–Crippen MR) is 108 cm³/mol. The van der Waals surface area contributed by atoms with E-state index in [1.54, 1.807) is 11.0 Å². The van der Waals surface area contributed by atoms with Gasteiger partial charge in [0, 0.05) is 25.6 Å². The molecule has 1 aliphatic rings. The van der Waals surface area contributed by atoms with Crippen molar-refractivity contribution in [2.24, 2.45) is 0 Å². The second-order valence-electron chi connectivity index (χ2n) is 7.91. The van der Waals surface area contributed by atoms with Crippen LogP contribution in [0.3, 0.4) is 0 Å². The number of carbonyl (C=O) groups is 2. The van der Waals surface area contributed by atoms with Gasteiger partial charge >= 0.3 is 6.09 Å². The number of likely N-dealkylation sites (tertiary alicyclic amines) is 1. The number of ether oxygens (including phenoxy) is 1. The van der Waals surface area contributed by atoms with Gasteiger partial charge in [0.2, 0.25) is 5.91 Å². The summed E-state index contributed by atoms with van der Waals surface area (Å²) < 4.78 is 5.39. The Hall–Kier alpha value is -1.46. The quantitative estimate of drug-likeness (QED) is 0.749. The molecule has 1 N–H and O–H groups in total. The summed E-state index contributed by atoms with van der Waals surface area (Å²) in [6.45, 7) is 6.77. The summed E-state index contributed by atoms with van der Waals surface area (Å²) in [5, 5.41) is 4.14. The van der Waals surface area contributed by atoms with Crippen molar-refractivity contribution in [1.82, 2.24) is 10.2 Å². The Kier molecular flexibility index (Phi) is 7.80. The van der Waals surface area contributed by atoms with Crippen molar-refractivity contribution in [1.29, 1.82) is 0 Å². The highest BCUT2D eigenvalue weighted by Gasteiger charge is 2.27. The van der Waals surface area contributed by atoms with Gasteiger partial charge in [-0.25, -0.2) is 4.79 Å². The van der Waals surface area contributed by atoms with Gasteiger partial charge in [0.1, 0.15) is 5.60 Å². The van der Waals surface area contributed by atoms with Crippen LogP contribution in [0.1, 0.15) is 52.0 Å². The second kappa shape index (κ2) is 9.65. The lowest BCUT2D eigenvalue weighted by atomic mass is 10.0. The Morgan fingerprint density at radius 1 is 1.19 bits per heavy atom. The van der Waals surface area contributed by atoms with Gasteiger partial charge < -0.3 is 15.0 Å². The number of nitrogens with zero attached hydrogens (tertiary/aromatic N) is 1. The largest absolute Gasteiger partial charge is 0.444 e. The molecule has 2 rings (SSSR count). The van der Waals surface area contributed by atoms with E-state index >= 15 is 0 Å². The molecule has 1 fully saturated rings. The molecule has 2 amide bonds. The molecule has 1 aromatic rings. The molecule has 27 heavy (non-hydrogen) atoms. The molecule has 5 nitrogen and oxygen atoms in total. The van der Waals surface area contributed by atoms with Crippen LogP contribution in [0, 0.1) is 0 Å². The van der Waals surface area contributed by atoms with Gasteiger partial charge in [-0.1, -0.05) is 29.3 Å². The van der Waals surface area contributed by atoms with E-state index in [9.17, 15) is 9.59 Å². The van der Waals surface area contributed by atoms with E-state index < -0.39 is 5.60 Å². The maximum Gasteiger partial charge on any atom is 0.410 e.